The Bertz CT molecular complexity index is 1190. The summed E-state index contributed by atoms with van der Waals surface area (Å²) in [4.78, 5) is 17.2. The van der Waals surface area contributed by atoms with Crippen LogP contribution in [0, 0.1) is 0 Å². The molecule has 1 amide bonds. The number of halogens is 3. The van der Waals surface area contributed by atoms with Crippen LogP contribution in [0.25, 0.3) is 16.9 Å². The van der Waals surface area contributed by atoms with Crippen LogP contribution in [0.2, 0.25) is 0 Å². The first-order valence-electron chi connectivity index (χ1n) is 9.35. The predicted molar refractivity (Wildman–Crippen MR) is 109 cm³/mol. The van der Waals surface area contributed by atoms with Crippen molar-refractivity contribution in [3.8, 4) is 11.3 Å². The van der Waals surface area contributed by atoms with Crippen molar-refractivity contribution in [2.75, 3.05) is 5.32 Å². The van der Waals surface area contributed by atoms with Crippen molar-refractivity contribution in [1.29, 1.82) is 0 Å². The molecule has 4 aromatic rings. The van der Waals surface area contributed by atoms with E-state index in [0.29, 0.717) is 5.69 Å². The summed E-state index contributed by atoms with van der Waals surface area (Å²) < 4.78 is 41.0. The molecule has 4 nitrogen and oxygen atoms in total. The van der Waals surface area contributed by atoms with E-state index >= 15 is 0 Å². The van der Waals surface area contributed by atoms with Crippen LogP contribution < -0.4 is 5.32 Å². The number of amides is 1. The van der Waals surface area contributed by atoms with Gasteiger partial charge < -0.3 is 5.32 Å². The van der Waals surface area contributed by atoms with E-state index in [9.17, 15) is 18.0 Å². The summed E-state index contributed by atoms with van der Waals surface area (Å²) in [6.45, 7) is 1.77. The molecule has 1 N–H and O–H groups in total. The van der Waals surface area contributed by atoms with E-state index in [1.807, 2.05) is 60.7 Å². The minimum absolute atomic E-state index is 0.103. The van der Waals surface area contributed by atoms with Crippen LogP contribution in [0.4, 0.5) is 19.0 Å². The number of nitrogens with zero attached hydrogens (tertiary/aromatic N) is 2. The standard InChI is InChI=1S/C23H18F3N3O/c1-15(16-8-4-2-5-9-16)22(30)28-21-20(17-10-6-3-7-11-17)29-13-12-18(23(24,25)26)14-19(29)27-21/h2-15H,1H3,(H,28,30). The van der Waals surface area contributed by atoms with Crippen molar-refractivity contribution in [1.82, 2.24) is 9.38 Å². The molecule has 0 bridgehead atoms. The molecule has 0 saturated heterocycles. The number of fused-ring (bicyclic) bond motifs is 1. The number of carbonyl (C=O) groups is 1. The highest BCUT2D eigenvalue weighted by Gasteiger charge is 2.31. The molecule has 0 radical (unpaired) electrons. The lowest BCUT2D eigenvalue weighted by Crippen LogP contribution is -2.19. The maximum Gasteiger partial charge on any atom is 0.416 e. The number of aromatic nitrogens is 2. The number of anilines is 1. The van der Waals surface area contributed by atoms with Gasteiger partial charge in [0.15, 0.2) is 5.82 Å². The first kappa shape index (κ1) is 19.7. The van der Waals surface area contributed by atoms with Gasteiger partial charge in [-0.1, -0.05) is 60.7 Å². The third kappa shape index (κ3) is 3.78. The van der Waals surface area contributed by atoms with E-state index in [1.54, 1.807) is 11.3 Å². The van der Waals surface area contributed by atoms with Crippen molar-refractivity contribution in [3.63, 3.8) is 0 Å². The van der Waals surface area contributed by atoms with E-state index in [1.165, 1.54) is 6.20 Å². The largest absolute Gasteiger partial charge is 0.416 e. The zero-order valence-corrected chi connectivity index (χ0v) is 16.0. The lowest BCUT2D eigenvalue weighted by molar-refractivity contribution is -0.137. The van der Waals surface area contributed by atoms with Crippen LogP contribution >= 0.6 is 0 Å². The second kappa shape index (κ2) is 7.67. The SMILES string of the molecule is CC(C(=O)Nc1nc2cc(C(F)(F)F)ccn2c1-c1ccccc1)c1ccccc1. The molecule has 7 heteroatoms. The zero-order chi connectivity index (χ0) is 21.3. The van der Waals surface area contributed by atoms with Crippen molar-refractivity contribution >= 4 is 17.4 Å². The fourth-order valence-electron chi connectivity index (χ4n) is 3.30. The molecule has 2 heterocycles. The van der Waals surface area contributed by atoms with Crippen LogP contribution in [0.3, 0.4) is 0 Å². The molecular weight excluding hydrogens is 391 g/mol. The Kier molecular flexibility index (Phi) is 5.03. The third-order valence-electron chi connectivity index (χ3n) is 4.94. The van der Waals surface area contributed by atoms with Crippen LogP contribution in [-0.4, -0.2) is 15.3 Å². The van der Waals surface area contributed by atoms with Gasteiger partial charge in [0.05, 0.1) is 17.2 Å². The Morgan fingerprint density at radius 3 is 2.27 bits per heavy atom. The summed E-state index contributed by atoms with van der Waals surface area (Å²) in [5.74, 6) is -0.531. The minimum Gasteiger partial charge on any atom is -0.308 e. The molecule has 2 aromatic heterocycles. The first-order valence-corrected chi connectivity index (χ1v) is 9.35. The second-order valence-electron chi connectivity index (χ2n) is 6.94. The summed E-state index contributed by atoms with van der Waals surface area (Å²) >= 11 is 0. The van der Waals surface area contributed by atoms with E-state index in [2.05, 4.69) is 10.3 Å². The number of pyridine rings is 1. The van der Waals surface area contributed by atoms with Gasteiger partial charge in [-0.2, -0.15) is 13.2 Å². The Hall–Kier alpha value is -3.61. The molecule has 0 aliphatic carbocycles. The Morgan fingerprint density at radius 2 is 1.63 bits per heavy atom. The quantitative estimate of drug-likeness (QED) is 0.466. The van der Waals surface area contributed by atoms with E-state index < -0.39 is 17.7 Å². The van der Waals surface area contributed by atoms with Crippen molar-refractivity contribution in [2.45, 2.75) is 19.0 Å². The molecule has 0 aliphatic rings. The summed E-state index contributed by atoms with van der Waals surface area (Å²) in [7, 11) is 0. The lowest BCUT2D eigenvalue weighted by Gasteiger charge is -2.12. The monoisotopic (exact) mass is 409 g/mol. The average Bonchev–Trinajstić information content (AvgIpc) is 3.10. The number of hydrogen-bond donors (Lipinski definition) is 1. The maximum atomic E-state index is 13.1. The first-order chi connectivity index (χ1) is 14.3. The van der Waals surface area contributed by atoms with Crippen molar-refractivity contribution < 1.29 is 18.0 Å². The summed E-state index contributed by atoms with van der Waals surface area (Å²) in [6, 6.07) is 20.3. The highest BCUT2D eigenvalue weighted by Crippen LogP contribution is 2.34. The molecule has 0 spiro atoms. The Balaban J connectivity index is 1.79. The molecule has 30 heavy (non-hydrogen) atoms. The lowest BCUT2D eigenvalue weighted by atomic mass is 10.0. The third-order valence-corrected chi connectivity index (χ3v) is 4.94. The second-order valence-corrected chi connectivity index (χ2v) is 6.94. The molecular formula is C23H18F3N3O. The van der Waals surface area contributed by atoms with E-state index in [0.717, 1.165) is 23.3 Å². The maximum absolute atomic E-state index is 13.1. The van der Waals surface area contributed by atoms with Gasteiger partial charge in [-0.15, -0.1) is 0 Å². The number of rotatable bonds is 4. The van der Waals surface area contributed by atoms with Crippen LogP contribution in [0.1, 0.15) is 24.0 Å². The minimum atomic E-state index is -4.48. The molecule has 0 saturated carbocycles. The summed E-state index contributed by atoms with van der Waals surface area (Å²) in [6.07, 6.45) is -3.16. The summed E-state index contributed by atoms with van der Waals surface area (Å²) in [5.41, 5.74) is 1.39. The summed E-state index contributed by atoms with van der Waals surface area (Å²) in [5, 5.41) is 2.80. The van der Waals surface area contributed by atoms with Gasteiger partial charge in [-0.05, 0) is 24.6 Å². The predicted octanol–water partition coefficient (Wildman–Crippen LogP) is 5.76. The molecule has 152 valence electrons. The van der Waals surface area contributed by atoms with Gasteiger partial charge >= 0.3 is 6.18 Å². The number of nitrogens with one attached hydrogen (secondary N) is 1. The van der Waals surface area contributed by atoms with Crippen molar-refractivity contribution in [2.24, 2.45) is 0 Å². The molecule has 0 fully saturated rings. The Morgan fingerprint density at radius 1 is 1.00 bits per heavy atom. The van der Waals surface area contributed by atoms with Gasteiger partial charge in [-0.3, -0.25) is 9.20 Å². The van der Waals surface area contributed by atoms with Gasteiger partial charge in [0.1, 0.15) is 5.65 Å². The van der Waals surface area contributed by atoms with Crippen molar-refractivity contribution in [3.05, 3.63) is 90.1 Å². The number of imidazole rings is 1. The van der Waals surface area contributed by atoms with Gasteiger partial charge in [0, 0.05) is 11.8 Å². The molecule has 2 aromatic carbocycles. The molecule has 4 rings (SSSR count). The number of hydrogen-bond acceptors (Lipinski definition) is 2. The van der Waals surface area contributed by atoms with E-state index in [4.69, 9.17) is 0 Å². The van der Waals surface area contributed by atoms with Gasteiger partial charge in [0.2, 0.25) is 5.91 Å². The highest BCUT2D eigenvalue weighted by atomic mass is 19.4. The number of carbonyl (C=O) groups excluding carboxylic acids is 1. The molecule has 1 unspecified atom stereocenters. The van der Waals surface area contributed by atoms with Crippen LogP contribution in [-0.2, 0) is 11.0 Å². The fourth-order valence-corrected chi connectivity index (χ4v) is 3.30. The zero-order valence-electron chi connectivity index (χ0n) is 16.0. The molecule has 1 atom stereocenters. The smallest absolute Gasteiger partial charge is 0.308 e. The van der Waals surface area contributed by atoms with Crippen LogP contribution in [0.5, 0.6) is 0 Å². The van der Waals surface area contributed by atoms with Gasteiger partial charge in [-0.25, -0.2) is 4.98 Å². The van der Waals surface area contributed by atoms with Gasteiger partial charge in [0.25, 0.3) is 0 Å². The highest BCUT2D eigenvalue weighted by molar-refractivity contribution is 5.98. The van der Waals surface area contributed by atoms with Crippen LogP contribution in [0.15, 0.2) is 79.0 Å². The average molecular weight is 409 g/mol. The Labute approximate surface area is 171 Å². The molecule has 0 aliphatic heterocycles. The fraction of sp³-hybridized carbons (Fsp3) is 0.130. The number of benzene rings is 2. The van der Waals surface area contributed by atoms with E-state index in [-0.39, 0.29) is 17.4 Å². The topological polar surface area (TPSA) is 46.4 Å². The normalized spacial score (nSPS) is 12.7. The number of alkyl halides is 3.